The van der Waals surface area contributed by atoms with Gasteiger partial charge in [-0.2, -0.15) is 0 Å². The number of piperazine rings is 1. The van der Waals surface area contributed by atoms with E-state index in [2.05, 4.69) is 15.1 Å². The van der Waals surface area contributed by atoms with Crippen molar-refractivity contribution in [2.45, 2.75) is 24.7 Å². The second-order valence-corrected chi connectivity index (χ2v) is 9.41. The number of unbranched alkanes of at least 4 members (excludes halogenated alkanes) is 1. The molecule has 9 heteroatoms. The van der Waals surface area contributed by atoms with E-state index in [1.54, 1.807) is 12.1 Å². The zero-order valence-corrected chi connectivity index (χ0v) is 19.4. The standard InChI is InChI=1S/C24H25Cl2F2N3O2/c25-17-4-3-5-19(22(17)26)31-11-9-30(10-12-31)8-1-2-13-33-15-6-7-16-18(14-15)29-23(32)21-20(16)24(21,27)28/h3-7,14,20-21H,1-2,8-13H2,(H,29,32)/i20D. The van der Waals surface area contributed by atoms with Crippen LogP contribution >= 0.6 is 23.2 Å². The summed E-state index contributed by atoms with van der Waals surface area (Å²) in [6.45, 7) is 5.08. The Morgan fingerprint density at radius 1 is 1.15 bits per heavy atom. The van der Waals surface area contributed by atoms with Crippen molar-refractivity contribution in [3.63, 3.8) is 0 Å². The Morgan fingerprint density at radius 2 is 1.94 bits per heavy atom. The number of anilines is 2. The molecule has 2 unspecified atom stereocenters. The molecule has 0 aromatic heterocycles. The molecule has 2 atom stereocenters. The van der Waals surface area contributed by atoms with E-state index < -0.39 is 23.6 Å². The maximum absolute atomic E-state index is 14.0. The van der Waals surface area contributed by atoms with E-state index >= 15 is 0 Å². The molecule has 2 aromatic rings. The van der Waals surface area contributed by atoms with Gasteiger partial charge < -0.3 is 15.0 Å². The molecule has 176 valence electrons. The van der Waals surface area contributed by atoms with Crippen molar-refractivity contribution >= 4 is 40.5 Å². The number of carbonyl (C=O) groups excluding carboxylic acids is 1. The van der Waals surface area contributed by atoms with E-state index in [0.29, 0.717) is 22.4 Å². The first-order valence-electron chi connectivity index (χ1n) is 11.6. The lowest BCUT2D eigenvalue weighted by Crippen LogP contribution is -2.46. The number of alkyl halides is 2. The third-order valence-corrected chi connectivity index (χ3v) is 7.32. The van der Waals surface area contributed by atoms with Gasteiger partial charge in [0.1, 0.15) is 11.7 Å². The van der Waals surface area contributed by atoms with Gasteiger partial charge in [-0.05, 0) is 43.1 Å². The van der Waals surface area contributed by atoms with E-state index in [1.165, 1.54) is 12.1 Å². The molecular weight excluding hydrogens is 471 g/mol. The molecule has 1 saturated carbocycles. The van der Waals surface area contributed by atoms with E-state index in [9.17, 15) is 13.6 Å². The Labute approximate surface area is 203 Å². The average molecular weight is 497 g/mol. The number of amides is 1. The molecule has 0 radical (unpaired) electrons. The molecule has 33 heavy (non-hydrogen) atoms. The van der Waals surface area contributed by atoms with Crippen LogP contribution in [0.15, 0.2) is 36.4 Å². The molecule has 1 saturated heterocycles. The highest BCUT2D eigenvalue weighted by Gasteiger charge is 2.74. The Bertz CT molecular complexity index is 1110. The highest BCUT2D eigenvalue weighted by Crippen LogP contribution is 2.65. The molecule has 2 fully saturated rings. The van der Waals surface area contributed by atoms with Gasteiger partial charge in [0.25, 0.3) is 5.92 Å². The summed E-state index contributed by atoms with van der Waals surface area (Å²) in [6, 6.07) is 10.3. The van der Waals surface area contributed by atoms with Gasteiger partial charge in [-0.25, -0.2) is 8.78 Å². The van der Waals surface area contributed by atoms with Crippen LogP contribution in [-0.2, 0) is 4.79 Å². The van der Waals surface area contributed by atoms with Gasteiger partial charge in [-0.3, -0.25) is 9.69 Å². The van der Waals surface area contributed by atoms with E-state index in [1.807, 2.05) is 12.1 Å². The topological polar surface area (TPSA) is 44.8 Å². The Morgan fingerprint density at radius 3 is 2.73 bits per heavy atom. The second-order valence-electron chi connectivity index (χ2n) is 8.62. The predicted octanol–water partition coefficient (Wildman–Crippen LogP) is 5.28. The zero-order valence-electron chi connectivity index (χ0n) is 18.9. The number of nitrogens with one attached hydrogen (secondary N) is 1. The lowest BCUT2D eigenvalue weighted by molar-refractivity contribution is -0.119. The Balaban J connectivity index is 1.06. The number of hydrogen-bond acceptors (Lipinski definition) is 4. The lowest BCUT2D eigenvalue weighted by atomic mass is 10.0. The van der Waals surface area contributed by atoms with Crippen molar-refractivity contribution in [1.29, 1.82) is 0 Å². The number of rotatable bonds is 7. The minimum absolute atomic E-state index is 0.146. The fourth-order valence-electron chi connectivity index (χ4n) is 4.64. The third-order valence-electron chi connectivity index (χ3n) is 6.51. The van der Waals surface area contributed by atoms with Gasteiger partial charge >= 0.3 is 0 Å². The molecular formula is C24H25Cl2F2N3O2. The number of ether oxygens (including phenoxy) is 1. The van der Waals surface area contributed by atoms with Gasteiger partial charge in [0, 0.05) is 39.3 Å². The fourth-order valence-corrected chi connectivity index (χ4v) is 5.06. The number of carbonyl (C=O) groups is 1. The van der Waals surface area contributed by atoms with Gasteiger partial charge in [-0.15, -0.1) is 0 Å². The maximum Gasteiger partial charge on any atom is 0.268 e. The van der Waals surface area contributed by atoms with Crippen LogP contribution in [0.1, 0.15) is 25.7 Å². The molecule has 2 aromatic carbocycles. The number of halogens is 4. The average Bonchev–Trinajstić information content (AvgIpc) is 3.29. The first kappa shape index (κ1) is 21.4. The van der Waals surface area contributed by atoms with Crippen molar-refractivity contribution in [3.05, 3.63) is 52.0 Å². The van der Waals surface area contributed by atoms with Gasteiger partial charge in [-0.1, -0.05) is 35.3 Å². The minimum Gasteiger partial charge on any atom is -0.494 e. The summed E-state index contributed by atoms with van der Waals surface area (Å²) in [5, 5.41) is 3.66. The first-order valence-corrected chi connectivity index (χ1v) is 11.9. The molecule has 2 heterocycles. The highest BCUT2D eigenvalue weighted by molar-refractivity contribution is 6.43. The largest absolute Gasteiger partial charge is 0.494 e. The van der Waals surface area contributed by atoms with Crippen LogP contribution < -0.4 is 15.0 Å². The summed E-state index contributed by atoms with van der Waals surface area (Å²) in [6.07, 6.45) is 1.80. The van der Waals surface area contributed by atoms with Crippen LogP contribution in [0.25, 0.3) is 0 Å². The maximum atomic E-state index is 14.0. The molecule has 0 bridgehead atoms. The lowest BCUT2D eigenvalue weighted by Gasteiger charge is -2.36. The van der Waals surface area contributed by atoms with Crippen LogP contribution in [0, 0.1) is 5.92 Å². The summed E-state index contributed by atoms with van der Waals surface area (Å²) < 4.78 is 41.9. The SMILES string of the molecule is [2H]C12c3ccc(OCCCCN4CCN(c5cccc(Cl)c5Cl)CC4)cc3NC(=O)C1C2(F)F. The van der Waals surface area contributed by atoms with Gasteiger partial charge in [0.05, 0.1) is 28.2 Å². The van der Waals surface area contributed by atoms with Crippen LogP contribution in [0.5, 0.6) is 5.75 Å². The number of fused-ring (bicyclic) bond motifs is 3. The monoisotopic (exact) mass is 496 g/mol. The van der Waals surface area contributed by atoms with Gasteiger partial charge in [0.15, 0.2) is 0 Å². The van der Waals surface area contributed by atoms with E-state index in [4.69, 9.17) is 29.3 Å². The number of benzene rings is 2. The molecule has 1 N–H and O–H groups in total. The van der Waals surface area contributed by atoms with Crippen LogP contribution in [-0.4, -0.2) is 56.1 Å². The predicted molar refractivity (Wildman–Crippen MR) is 126 cm³/mol. The molecule has 5 rings (SSSR count). The fraction of sp³-hybridized carbons (Fsp3) is 0.458. The highest BCUT2D eigenvalue weighted by atomic mass is 35.5. The zero-order chi connectivity index (χ0) is 24.1. The summed E-state index contributed by atoms with van der Waals surface area (Å²) in [4.78, 5) is 16.6. The van der Waals surface area contributed by atoms with Crippen molar-refractivity contribution < 1.29 is 19.7 Å². The quantitative estimate of drug-likeness (QED) is 0.530. The van der Waals surface area contributed by atoms with Crippen LogP contribution in [0.3, 0.4) is 0 Å². The van der Waals surface area contributed by atoms with Crippen molar-refractivity contribution in [3.8, 4) is 5.75 Å². The summed E-state index contributed by atoms with van der Waals surface area (Å²) in [5.74, 6) is -7.41. The third kappa shape index (κ3) is 4.38. The summed E-state index contributed by atoms with van der Waals surface area (Å²) in [7, 11) is 0. The second kappa shape index (κ2) is 8.93. The molecule has 0 spiro atoms. The summed E-state index contributed by atoms with van der Waals surface area (Å²) >= 11 is 12.5. The summed E-state index contributed by atoms with van der Waals surface area (Å²) in [5.41, 5.74) is 1.36. The Kier molecular flexibility index (Phi) is 5.80. The molecule has 3 aliphatic rings. The van der Waals surface area contributed by atoms with E-state index in [0.717, 1.165) is 51.3 Å². The Hall–Kier alpha value is -2.09. The smallest absolute Gasteiger partial charge is 0.268 e. The molecule has 2 aliphatic heterocycles. The van der Waals surface area contributed by atoms with Crippen molar-refractivity contribution in [2.75, 3.05) is 49.5 Å². The van der Waals surface area contributed by atoms with Crippen LogP contribution in [0.4, 0.5) is 20.2 Å². The van der Waals surface area contributed by atoms with Gasteiger partial charge in [0.2, 0.25) is 5.91 Å². The molecule has 5 nitrogen and oxygen atoms in total. The normalized spacial score (nSPS) is 26.2. The first-order chi connectivity index (χ1) is 16.2. The van der Waals surface area contributed by atoms with Crippen molar-refractivity contribution in [2.24, 2.45) is 5.92 Å². The number of hydrogen-bond donors (Lipinski definition) is 1. The van der Waals surface area contributed by atoms with Crippen molar-refractivity contribution in [1.82, 2.24) is 4.90 Å². The molecule has 1 amide bonds. The van der Waals surface area contributed by atoms with E-state index in [-0.39, 0.29) is 11.3 Å². The van der Waals surface area contributed by atoms with Crippen LogP contribution in [0.2, 0.25) is 10.0 Å². The minimum atomic E-state index is -3.34. The molecule has 1 aliphatic carbocycles. The number of nitrogens with zero attached hydrogens (tertiary/aromatic N) is 2.